The van der Waals surface area contributed by atoms with Gasteiger partial charge in [-0.15, -0.1) is 0 Å². The number of methoxy groups -OCH3 is 1. The number of hydrogen-bond acceptors (Lipinski definition) is 4. The van der Waals surface area contributed by atoms with E-state index in [1.165, 1.54) is 7.11 Å². The summed E-state index contributed by atoms with van der Waals surface area (Å²) < 4.78 is 27.9. The molecule has 0 aliphatic rings. The van der Waals surface area contributed by atoms with Crippen molar-refractivity contribution in [1.29, 1.82) is 0 Å². The highest BCUT2D eigenvalue weighted by Crippen LogP contribution is 2.41. The molecular weight excluding hydrogens is 252 g/mol. The summed E-state index contributed by atoms with van der Waals surface area (Å²) >= 11 is 0. The Morgan fingerprint density at radius 1 is 1.12 bits per heavy atom. The van der Waals surface area contributed by atoms with E-state index in [2.05, 4.69) is 0 Å². The molecule has 86 valence electrons. The maximum absolute atomic E-state index is 11.5. The first kappa shape index (κ1) is 11.4. The van der Waals surface area contributed by atoms with Crippen molar-refractivity contribution < 1.29 is 13.2 Å². The number of benzene rings is 1. The number of fused-ring (bicyclic) bond motifs is 1. The molecule has 6 heteroatoms. The normalized spacial score (nSPS) is 12.5. The van der Waals surface area contributed by atoms with E-state index < -0.39 is 9.05 Å². The minimum Gasteiger partial charge on any atom is -0.495 e. The summed E-state index contributed by atoms with van der Waals surface area (Å²) in [7, 11) is 2.75. The van der Waals surface area contributed by atoms with Gasteiger partial charge in [0.25, 0.3) is 9.05 Å². The van der Waals surface area contributed by atoms with Gasteiger partial charge in [-0.2, -0.15) is 0 Å². The van der Waals surface area contributed by atoms with Crippen LogP contribution in [0.15, 0.2) is 9.69 Å². The topological polar surface area (TPSA) is 60.4 Å². The first-order valence-corrected chi connectivity index (χ1v) is 6.82. The van der Waals surface area contributed by atoms with Crippen LogP contribution in [0.3, 0.4) is 0 Å². The molecule has 0 aliphatic carbocycles. The molecule has 0 saturated heterocycles. The van der Waals surface area contributed by atoms with E-state index in [0.29, 0.717) is 21.9 Å². The Balaban J connectivity index is 3.01. The first-order chi connectivity index (χ1) is 7.30. The van der Waals surface area contributed by atoms with Gasteiger partial charge in [-0.05, 0) is 25.0 Å². The number of hydrogen-bond donors (Lipinski definition) is 0. The van der Waals surface area contributed by atoms with Gasteiger partial charge >= 0.3 is 0 Å². The molecule has 0 radical (unpaired) electrons. The molecule has 0 N–H and O–H groups in total. The summed E-state index contributed by atoms with van der Waals surface area (Å²) in [5.41, 5.74) is 0.959. The van der Waals surface area contributed by atoms with Crippen molar-refractivity contribution in [3.05, 3.63) is 21.4 Å². The van der Waals surface area contributed by atoms with Crippen LogP contribution in [0.4, 0.5) is 0 Å². The van der Waals surface area contributed by atoms with E-state index in [1.54, 1.807) is 13.8 Å². The first-order valence-electron chi connectivity index (χ1n) is 4.51. The molecule has 0 saturated carbocycles. The van der Waals surface area contributed by atoms with Crippen LogP contribution in [-0.4, -0.2) is 15.5 Å². The van der Waals surface area contributed by atoms with Crippen molar-refractivity contribution >= 4 is 30.5 Å². The third-order valence-corrected chi connectivity index (χ3v) is 4.24. The molecule has 0 heterocycles. The number of ether oxygens (including phenoxy) is 1. The largest absolute Gasteiger partial charge is 0.495 e. The van der Waals surface area contributed by atoms with Crippen LogP contribution in [0, 0.1) is 13.8 Å². The van der Waals surface area contributed by atoms with Crippen LogP contribution >= 0.6 is 10.7 Å². The van der Waals surface area contributed by atoms with Crippen molar-refractivity contribution in [1.82, 2.24) is 0 Å². The Morgan fingerprint density at radius 2 is 1.69 bits per heavy atom. The minimum absolute atomic E-state index is 0.0677. The molecule has 0 aliphatic heterocycles. The zero-order valence-electron chi connectivity index (χ0n) is 8.92. The molecule has 0 aromatic heterocycles. The summed E-state index contributed by atoms with van der Waals surface area (Å²) in [4.78, 5) is 11.4. The van der Waals surface area contributed by atoms with Crippen LogP contribution in [0.2, 0.25) is 0 Å². The lowest BCUT2D eigenvalue weighted by Gasteiger charge is -2.09. The van der Waals surface area contributed by atoms with Gasteiger partial charge in [-0.25, -0.2) is 8.42 Å². The Bertz CT molecular complexity index is 705. The summed E-state index contributed by atoms with van der Waals surface area (Å²) in [6, 6.07) is 0. The fourth-order valence-electron chi connectivity index (χ4n) is 1.87. The molecule has 16 heavy (non-hydrogen) atoms. The molecule has 0 atom stereocenters. The standard InChI is InChI=1S/C10H9ClO4S/c1-4-5(2)10(16(11,13)14)9(15-3)7-6(4)8(7)12/h1-3H3. The fourth-order valence-corrected chi connectivity index (χ4v) is 3.36. The predicted molar refractivity (Wildman–Crippen MR) is 61.7 cm³/mol. The molecule has 0 spiro atoms. The van der Waals surface area contributed by atoms with E-state index in [0.717, 1.165) is 0 Å². The van der Waals surface area contributed by atoms with Gasteiger partial charge in [0.05, 0.1) is 12.5 Å². The van der Waals surface area contributed by atoms with Crippen LogP contribution in [0.25, 0.3) is 10.8 Å². The van der Waals surface area contributed by atoms with Gasteiger partial charge in [0.2, 0.25) is 0 Å². The number of aryl methyl sites for hydroxylation is 1. The smallest absolute Gasteiger partial charge is 0.265 e. The van der Waals surface area contributed by atoms with E-state index in [1.807, 2.05) is 0 Å². The van der Waals surface area contributed by atoms with E-state index in [-0.39, 0.29) is 16.1 Å². The van der Waals surface area contributed by atoms with Crippen molar-refractivity contribution in [3.8, 4) is 5.75 Å². The molecule has 0 fully saturated rings. The van der Waals surface area contributed by atoms with Crippen LogP contribution in [0.5, 0.6) is 5.75 Å². The second kappa shape index (κ2) is 3.21. The zero-order valence-corrected chi connectivity index (χ0v) is 10.5. The van der Waals surface area contributed by atoms with Gasteiger partial charge in [-0.3, -0.25) is 4.79 Å². The maximum Gasteiger partial charge on any atom is 0.265 e. The predicted octanol–water partition coefficient (Wildman–Crippen LogP) is 1.63. The lowest BCUT2D eigenvalue weighted by Crippen LogP contribution is -2.00. The summed E-state index contributed by atoms with van der Waals surface area (Å²) in [6.07, 6.45) is 0. The average Bonchev–Trinajstić information content (AvgIpc) is 2.81. The van der Waals surface area contributed by atoms with E-state index in [4.69, 9.17) is 15.4 Å². The number of halogens is 1. The van der Waals surface area contributed by atoms with Crippen molar-refractivity contribution in [2.75, 3.05) is 7.11 Å². The highest BCUT2D eigenvalue weighted by molar-refractivity contribution is 8.13. The van der Waals surface area contributed by atoms with Gasteiger partial charge in [0.1, 0.15) is 4.90 Å². The van der Waals surface area contributed by atoms with Gasteiger partial charge in [0, 0.05) is 16.1 Å². The van der Waals surface area contributed by atoms with Crippen LogP contribution in [0.1, 0.15) is 11.1 Å². The fraction of sp³-hybridized carbons (Fsp3) is 0.300. The lowest BCUT2D eigenvalue weighted by atomic mass is 10.1. The zero-order chi connectivity index (χ0) is 12.2. The highest BCUT2D eigenvalue weighted by atomic mass is 35.7. The average molecular weight is 261 g/mol. The number of rotatable bonds is 2. The third kappa shape index (κ3) is 1.35. The Labute approximate surface area is 96.9 Å². The van der Waals surface area contributed by atoms with Crippen molar-refractivity contribution in [2.45, 2.75) is 18.7 Å². The summed E-state index contributed by atoms with van der Waals surface area (Å²) in [5, 5.41) is 0.892. The van der Waals surface area contributed by atoms with Crippen molar-refractivity contribution in [2.24, 2.45) is 0 Å². The van der Waals surface area contributed by atoms with Crippen LogP contribution in [-0.2, 0) is 9.05 Å². The summed E-state index contributed by atoms with van der Waals surface area (Å²) in [6.45, 7) is 3.31. The molecule has 4 nitrogen and oxygen atoms in total. The summed E-state index contributed by atoms with van der Waals surface area (Å²) in [5.74, 6) is 0.0677. The van der Waals surface area contributed by atoms with Gasteiger partial charge < -0.3 is 4.74 Å². The van der Waals surface area contributed by atoms with Crippen molar-refractivity contribution in [3.63, 3.8) is 0 Å². The highest BCUT2D eigenvalue weighted by Gasteiger charge is 2.31. The molecule has 2 aromatic carbocycles. The SMILES string of the molecule is COc1c(S(=O)(=O)Cl)c(C)c(C)c2c(=O)c12. The Hall–Kier alpha value is -1.07. The monoisotopic (exact) mass is 260 g/mol. The quantitative estimate of drug-likeness (QED) is 0.770. The Kier molecular flexibility index (Phi) is 2.29. The molecular formula is C10H9ClO4S. The maximum atomic E-state index is 11.5. The Morgan fingerprint density at radius 3 is 2.12 bits per heavy atom. The van der Waals surface area contributed by atoms with Gasteiger partial charge in [-0.1, -0.05) is 0 Å². The lowest BCUT2D eigenvalue weighted by molar-refractivity contribution is 0.408. The van der Waals surface area contributed by atoms with Gasteiger partial charge in [0.15, 0.2) is 11.2 Å². The van der Waals surface area contributed by atoms with E-state index >= 15 is 0 Å². The molecule has 2 aromatic rings. The molecule has 0 bridgehead atoms. The second-order valence-electron chi connectivity index (χ2n) is 3.63. The molecule has 0 amide bonds. The van der Waals surface area contributed by atoms with Crippen LogP contribution < -0.4 is 10.2 Å². The second-order valence-corrected chi connectivity index (χ2v) is 6.13. The van der Waals surface area contributed by atoms with E-state index in [9.17, 15) is 13.2 Å². The molecule has 2 rings (SSSR count). The third-order valence-electron chi connectivity index (χ3n) is 2.80. The minimum atomic E-state index is -3.92. The molecule has 0 unspecified atom stereocenters.